The van der Waals surface area contributed by atoms with Crippen molar-refractivity contribution in [1.82, 2.24) is 0 Å². The van der Waals surface area contributed by atoms with E-state index < -0.39 is 11.6 Å². The van der Waals surface area contributed by atoms with Gasteiger partial charge in [-0.1, -0.05) is 6.58 Å². The molecule has 1 N–H and O–H groups in total. The van der Waals surface area contributed by atoms with Crippen LogP contribution < -0.4 is 5.32 Å². The molecular formula is C12H12F2N2. The molecule has 0 saturated carbocycles. The van der Waals surface area contributed by atoms with Crippen molar-refractivity contribution in [3.8, 4) is 0 Å². The number of allylic oxidation sites excluding steroid dienone is 1. The lowest BCUT2D eigenvalue weighted by Gasteiger charge is -2.06. The molecular weight excluding hydrogens is 210 g/mol. The molecule has 0 radical (unpaired) electrons. The Balaban J connectivity index is 2.78. The summed E-state index contributed by atoms with van der Waals surface area (Å²) in [4.78, 5) is 3.72. The fraction of sp³-hybridized carbons (Fsp3) is 0.0833. The Bertz CT molecular complexity index is 414. The number of anilines is 1. The summed E-state index contributed by atoms with van der Waals surface area (Å²) < 4.78 is 26.1. The van der Waals surface area contributed by atoms with Crippen LogP contribution in [-0.4, -0.2) is 6.21 Å². The van der Waals surface area contributed by atoms with Crippen LogP contribution in [0, 0.1) is 18.6 Å². The molecule has 0 atom stereocenters. The van der Waals surface area contributed by atoms with Gasteiger partial charge in [0.25, 0.3) is 0 Å². The van der Waals surface area contributed by atoms with Crippen molar-refractivity contribution in [3.05, 3.63) is 54.4 Å². The Morgan fingerprint density at radius 3 is 2.75 bits per heavy atom. The number of aryl methyl sites for hydroxylation is 1. The minimum absolute atomic E-state index is 0.254. The lowest BCUT2D eigenvalue weighted by molar-refractivity contribution is 0.584. The van der Waals surface area contributed by atoms with Crippen molar-refractivity contribution in [2.75, 3.05) is 5.32 Å². The highest BCUT2D eigenvalue weighted by Gasteiger charge is 2.05. The zero-order valence-electron chi connectivity index (χ0n) is 8.87. The molecule has 4 heteroatoms. The molecule has 0 unspecified atom stereocenters. The second-order valence-electron chi connectivity index (χ2n) is 3.06. The van der Waals surface area contributed by atoms with E-state index in [1.165, 1.54) is 24.7 Å². The number of aliphatic imine (C=N–C) groups is 1. The average Bonchev–Trinajstić information content (AvgIpc) is 2.20. The molecule has 0 aliphatic carbocycles. The molecule has 16 heavy (non-hydrogen) atoms. The van der Waals surface area contributed by atoms with Crippen LogP contribution in [0.25, 0.3) is 0 Å². The van der Waals surface area contributed by atoms with E-state index in [1.807, 2.05) is 0 Å². The second kappa shape index (κ2) is 5.80. The molecule has 0 fully saturated rings. The van der Waals surface area contributed by atoms with E-state index in [0.29, 0.717) is 5.56 Å². The first-order chi connectivity index (χ1) is 7.65. The van der Waals surface area contributed by atoms with Crippen molar-refractivity contribution in [2.24, 2.45) is 4.99 Å². The topological polar surface area (TPSA) is 24.4 Å². The standard InChI is InChI=1S/C12H12F2N2/c1-3-15-5-4-6-16-12-9(2)7-10(13)8-11(12)14/h3-8,16H,1H2,2H3/b6-4-,15-5+. The van der Waals surface area contributed by atoms with Gasteiger partial charge in [0.1, 0.15) is 11.6 Å². The summed E-state index contributed by atoms with van der Waals surface area (Å²) in [6, 6.07) is 2.10. The summed E-state index contributed by atoms with van der Waals surface area (Å²) in [5, 5.41) is 2.72. The molecule has 84 valence electrons. The van der Waals surface area contributed by atoms with Crippen LogP contribution in [0.1, 0.15) is 5.56 Å². The fourth-order valence-electron chi connectivity index (χ4n) is 1.17. The first-order valence-corrected chi connectivity index (χ1v) is 4.66. The van der Waals surface area contributed by atoms with Gasteiger partial charge < -0.3 is 5.32 Å². The number of nitrogens with zero attached hydrogens (tertiary/aromatic N) is 1. The van der Waals surface area contributed by atoms with Crippen molar-refractivity contribution in [1.29, 1.82) is 0 Å². The Morgan fingerprint density at radius 2 is 2.12 bits per heavy atom. The van der Waals surface area contributed by atoms with Crippen LogP contribution in [-0.2, 0) is 0 Å². The second-order valence-corrected chi connectivity index (χ2v) is 3.06. The molecule has 0 heterocycles. The Kier molecular flexibility index (Phi) is 4.39. The zero-order valence-corrected chi connectivity index (χ0v) is 8.87. The third-order valence-electron chi connectivity index (χ3n) is 1.85. The van der Waals surface area contributed by atoms with E-state index in [0.717, 1.165) is 6.07 Å². The van der Waals surface area contributed by atoms with Gasteiger partial charge in [0.05, 0.1) is 5.69 Å². The van der Waals surface area contributed by atoms with Gasteiger partial charge in [0, 0.05) is 24.7 Å². The van der Waals surface area contributed by atoms with Gasteiger partial charge in [-0.15, -0.1) is 0 Å². The minimum atomic E-state index is -0.622. The SMILES string of the molecule is C=C/N=C/C=C\Nc1c(C)cc(F)cc1F. The van der Waals surface area contributed by atoms with E-state index in [9.17, 15) is 8.78 Å². The number of benzene rings is 1. The first-order valence-electron chi connectivity index (χ1n) is 4.66. The molecule has 0 spiro atoms. The van der Waals surface area contributed by atoms with Crippen molar-refractivity contribution in [3.63, 3.8) is 0 Å². The van der Waals surface area contributed by atoms with E-state index in [2.05, 4.69) is 16.9 Å². The Morgan fingerprint density at radius 1 is 1.38 bits per heavy atom. The highest BCUT2D eigenvalue weighted by molar-refractivity contribution is 5.72. The Labute approximate surface area is 93.0 Å². The third kappa shape index (κ3) is 3.31. The molecule has 2 nitrogen and oxygen atoms in total. The summed E-state index contributed by atoms with van der Waals surface area (Å²) in [7, 11) is 0. The van der Waals surface area contributed by atoms with Gasteiger partial charge >= 0.3 is 0 Å². The molecule has 1 aromatic rings. The van der Waals surface area contributed by atoms with Crippen molar-refractivity contribution >= 4 is 11.9 Å². The Hall–Kier alpha value is -1.97. The van der Waals surface area contributed by atoms with E-state index >= 15 is 0 Å². The summed E-state index contributed by atoms with van der Waals surface area (Å²) in [5.74, 6) is -1.21. The average molecular weight is 222 g/mol. The monoisotopic (exact) mass is 222 g/mol. The maximum atomic E-state index is 13.3. The molecule has 0 aromatic heterocycles. The predicted molar refractivity (Wildman–Crippen MR) is 62.5 cm³/mol. The zero-order chi connectivity index (χ0) is 12.0. The smallest absolute Gasteiger partial charge is 0.149 e. The molecule has 0 bridgehead atoms. The molecule has 0 amide bonds. The molecule has 0 aliphatic rings. The van der Waals surface area contributed by atoms with Crippen molar-refractivity contribution < 1.29 is 8.78 Å². The van der Waals surface area contributed by atoms with Crippen LogP contribution >= 0.6 is 0 Å². The fourth-order valence-corrected chi connectivity index (χ4v) is 1.17. The summed E-state index contributed by atoms with van der Waals surface area (Å²) >= 11 is 0. The molecule has 1 aromatic carbocycles. The van der Waals surface area contributed by atoms with E-state index in [4.69, 9.17) is 0 Å². The van der Waals surface area contributed by atoms with E-state index in [-0.39, 0.29) is 5.69 Å². The number of hydrogen-bond acceptors (Lipinski definition) is 2. The van der Waals surface area contributed by atoms with Gasteiger partial charge in [-0.3, -0.25) is 4.99 Å². The summed E-state index contributed by atoms with van der Waals surface area (Å²) in [6.45, 7) is 5.03. The maximum Gasteiger partial charge on any atom is 0.149 e. The molecule has 0 saturated heterocycles. The summed E-state index contributed by atoms with van der Waals surface area (Å²) in [6.07, 6.45) is 5.98. The van der Waals surface area contributed by atoms with Crippen LogP contribution in [0.2, 0.25) is 0 Å². The lowest BCUT2D eigenvalue weighted by atomic mass is 10.2. The molecule has 0 aliphatic heterocycles. The van der Waals surface area contributed by atoms with Gasteiger partial charge in [-0.05, 0) is 24.6 Å². The van der Waals surface area contributed by atoms with Gasteiger partial charge in [0.2, 0.25) is 0 Å². The number of rotatable bonds is 4. The largest absolute Gasteiger partial charge is 0.359 e. The third-order valence-corrected chi connectivity index (χ3v) is 1.85. The first kappa shape index (κ1) is 12.1. The van der Waals surface area contributed by atoms with Gasteiger partial charge in [-0.25, -0.2) is 8.78 Å². The van der Waals surface area contributed by atoms with Gasteiger partial charge in [-0.2, -0.15) is 0 Å². The lowest BCUT2D eigenvalue weighted by Crippen LogP contribution is -1.96. The quantitative estimate of drug-likeness (QED) is 0.775. The number of halogens is 2. The minimum Gasteiger partial charge on any atom is -0.359 e. The van der Waals surface area contributed by atoms with Gasteiger partial charge in [0.15, 0.2) is 0 Å². The predicted octanol–water partition coefficient (Wildman–Crippen LogP) is 3.41. The molecule has 1 rings (SSSR count). The van der Waals surface area contributed by atoms with Crippen LogP contribution in [0.15, 0.2) is 42.2 Å². The van der Waals surface area contributed by atoms with Crippen LogP contribution in [0.5, 0.6) is 0 Å². The van der Waals surface area contributed by atoms with Crippen molar-refractivity contribution in [2.45, 2.75) is 6.92 Å². The highest BCUT2D eigenvalue weighted by atomic mass is 19.1. The maximum absolute atomic E-state index is 13.3. The highest BCUT2D eigenvalue weighted by Crippen LogP contribution is 2.20. The van der Waals surface area contributed by atoms with Crippen LogP contribution in [0.3, 0.4) is 0 Å². The normalized spacial score (nSPS) is 11.2. The summed E-state index contributed by atoms with van der Waals surface area (Å²) in [5.41, 5.74) is 0.757. The van der Waals surface area contributed by atoms with Crippen LogP contribution in [0.4, 0.5) is 14.5 Å². The number of hydrogen-bond donors (Lipinski definition) is 1. The van der Waals surface area contributed by atoms with E-state index in [1.54, 1.807) is 13.0 Å². The number of nitrogens with one attached hydrogen (secondary N) is 1.